The molecule has 0 saturated carbocycles. The van der Waals surface area contributed by atoms with Gasteiger partial charge in [0.2, 0.25) is 0 Å². The number of sulfone groups is 1. The van der Waals surface area contributed by atoms with Gasteiger partial charge in [0.15, 0.2) is 9.84 Å². The van der Waals surface area contributed by atoms with Crippen molar-refractivity contribution in [1.82, 2.24) is 0 Å². The zero-order valence-corrected chi connectivity index (χ0v) is 11.2. The van der Waals surface area contributed by atoms with Gasteiger partial charge in [0.05, 0.1) is 11.5 Å². The lowest BCUT2D eigenvalue weighted by molar-refractivity contribution is 0.304. The standard InChI is InChI=1S/C12H25NO2S/c1-2-3-4-5-6-7-12(10-13)8-9-16(14,15)11-12/h2-11,13H2,1H3. The van der Waals surface area contributed by atoms with E-state index in [4.69, 9.17) is 5.73 Å². The van der Waals surface area contributed by atoms with Crippen LogP contribution in [0.2, 0.25) is 0 Å². The summed E-state index contributed by atoms with van der Waals surface area (Å²) in [4.78, 5) is 0. The molecule has 0 radical (unpaired) electrons. The fraction of sp³-hybridized carbons (Fsp3) is 1.00. The lowest BCUT2D eigenvalue weighted by Gasteiger charge is -2.25. The molecule has 16 heavy (non-hydrogen) atoms. The summed E-state index contributed by atoms with van der Waals surface area (Å²) in [6.45, 7) is 2.73. The number of nitrogens with two attached hydrogens (primary N) is 1. The van der Waals surface area contributed by atoms with Gasteiger partial charge in [0, 0.05) is 0 Å². The van der Waals surface area contributed by atoms with Crippen LogP contribution in [0.5, 0.6) is 0 Å². The molecule has 1 aliphatic rings. The number of hydrogen-bond acceptors (Lipinski definition) is 3. The molecular weight excluding hydrogens is 222 g/mol. The molecule has 96 valence electrons. The minimum atomic E-state index is -2.79. The zero-order valence-electron chi connectivity index (χ0n) is 10.4. The monoisotopic (exact) mass is 247 g/mol. The van der Waals surface area contributed by atoms with E-state index >= 15 is 0 Å². The Morgan fingerprint density at radius 3 is 2.38 bits per heavy atom. The van der Waals surface area contributed by atoms with Crippen LogP contribution >= 0.6 is 0 Å². The summed E-state index contributed by atoms with van der Waals surface area (Å²) in [5, 5.41) is 0. The zero-order chi connectivity index (χ0) is 12.1. The van der Waals surface area contributed by atoms with E-state index < -0.39 is 9.84 Å². The highest BCUT2D eigenvalue weighted by Crippen LogP contribution is 2.36. The highest BCUT2D eigenvalue weighted by Gasteiger charge is 2.40. The maximum absolute atomic E-state index is 11.5. The van der Waals surface area contributed by atoms with Crippen LogP contribution in [0.15, 0.2) is 0 Å². The first kappa shape index (κ1) is 14.0. The minimum Gasteiger partial charge on any atom is -0.330 e. The summed E-state index contributed by atoms with van der Waals surface area (Å²) >= 11 is 0. The second kappa shape index (κ2) is 6.01. The highest BCUT2D eigenvalue weighted by molar-refractivity contribution is 7.91. The van der Waals surface area contributed by atoms with Crippen LogP contribution in [0.4, 0.5) is 0 Å². The van der Waals surface area contributed by atoms with Crippen molar-refractivity contribution in [2.24, 2.45) is 11.1 Å². The molecule has 1 atom stereocenters. The normalized spacial score (nSPS) is 28.4. The first-order chi connectivity index (χ1) is 7.54. The fourth-order valence-corrected chi connectivity index (χ4v) is 4.77. The molecule has 1 fully saturated rings. The van der Waals surface area contributed by atoms with E-state index in [1.165, 1.54) is 25.7 Å². The van der Waals surface area contributed by atoms with Crippen molar-refractivity contribution in [3.8, 4) is 0 Å². The Morgan fingerprint density at radius 2 is 1.88 bits per heavy atom. The maximum atomic E-state index is 11.5. The third-order valence-corrected chi connectivity index (χ3v) is 5.59. The summed E-state index contributed by atoms with van der Waals surface area (Å²) in [6.07, 6.45) is 7.92. The van der Waals surface area contributed by atoms with Crippen molar-refractivity contribution in [2.75, 3.05) is 18.1 Å². The van der Waals surface area contributed by atoms with Crippen LogP contribution in [0.3, 0.4) is 0 Å². The first-order valence-corrected chi connectivity index (χ1v) is 8.26. The average Bonchev–Trinajstić information content (AvgIpc) is 2.55. The molecule has 2 N–H and O–H groups in total. The Morgan fingerprint density at radius 1 is 1.19 bits per heavy atom. The van der Waals surface area contributed by atoms with Crippen molar-refractivity contribution < 1.29 is 8.42 Å². The summed E-state index contributed by atoms with van der Waals surface area (Å²) in [5.74, 6) is 0.670. The fourth-order valence-electron chi connectivity index (χ4n) is 2.55. The molecule has 1 heterocycles. The Labute approximate surface area is 99.7 Å². The van der Waals surface area contributed by atoms with Crippen LogP contribution in [0, 0.1) is 5.41 Å². The van der Waals surface area contributed by atoms with Gasteiger partial charge in [0.25, 0.3) is 0 Å². The van der Waals surface area contributed by atoms with E-state index in [1.807, 2.05) is 0 Å². The summed E-state index contributed by atoms with van der Waals surface area (Å²) in [5.41, 5.74) is 5.67. The van der Waals surface area contributed by atoms with E-state index in [0.29, 0.717) is 18.1 Å². The van der Waals surface area contributed by atoms with Gasteiger partial charge in [-0.2, -0.15) is 0 Å². The number of unbranched alkanes of at least 4 members (excludes halogenated alkanes) is 4. The van der Waals surface area contributed by atoms with Crippen LogP contribution in [0.1, 0.15) is 51.9 Å². The molecule has 0 bridgehead atoms. The predicted molar refractivity (Wildman–Crippen MR) is 68.1 cm³/mol. The summed E-state index contributed by atoms with van der Waals surface area (Å²) in [6, 6.07) is 0. The Bertz CT molecular complexity index is 300. The van der Waals surface area contributed by atoms with Gasteiger partial charge >= 0.3 is 0 Å². The van der Waals surface area contributed by atoms with Crippen molar-refractivity contribution in [1.29, 1.82) is 0 Å². The van der Waals surface area contributed by atoms with E-state index in [2.05, 4.69) is 6.92 Å². The first-order valence-electron chi connectivity index (χ1n) is 6.44. The molecule has 1 unspecified atom stereocenters. The number of hydrogen-bond donors (Lipinski definition) is 1. The van der Waals surface area contributed by atoms with Gasteiger partial charge in [-0.3, -0.25) is 0 Å². The largest absolute Gasteiger partial charge is 0.330 e. The number of rotatable bonds is 7. The predicted octanol–water partition coefficient (Wildman–Crippen LogP) is 2.11. The van der Waals surface area contributed by atoms with Crippen molar-refractivity contribution in [2.45, 2.75) is 51.9 Å². The van der Waals surface area contributed by atoms with Gasteiger partial charge in [-0.15, -0.1) is 0 Å². The molecule has 1 saturated heterocycles. The minimum absolute atomic E-state index is 0.0922. The lowest BCUT2D eigenvalue weighted by atomic mass is 9.82. The molecule has 0 aromatic heterocycles. The van der Waals surface area contributed by atoms with Gasteiger partial charge < -0.3 is 5.73 Å². The SMILES string of the molecule is CCCCCCCC1(CN)CCS(=O)(=O)C1. The van der Waals surface area contributed by atoms with Gasteiger partial charge in [-0.1, -0.05) is 39.0 Å². The molecule has 1 aliphatic heterocycles. The third kappa shape index (κ3) is 4.06. The maximum Gasteiger partial charge on any atom is 0.150 e. The van der Waals surface area contributed by atoms with Gasteiger partial charge in [0.1, 0.15) is 0 Å². The molecule has 0 aromatic carbocycles. The molecular formula is C12H25NO2S. The van der Waals surface area contributed by atoms with Crippen LogP contribution in [-0.2, 0) is 9.84 Å². The summed E-state index contributed by atoms with van der Waals surface area (Å²) in [7, 11) is -2.79. The molecule has 1 rings (SSSR count). The Balaban J connectivity index is 2.33. The smallest absolute Gasteiger partial charge is 0.150 e. The topological polar surface area (TPSA) is 60.2 Å². The molecule has 0 spiro atoms. The second-order valence-corrected chi connectivity index (χ2v) is 7.39. The van der Waals surface area contributed by atoms with Crippen LogP contribution in [0.25, 0.3) is 0 Å². The molecule has 0 amide bonds. The van der Waals surface area contributed by atoms with Crippen molar-refractivity contribution in [3.63, 3.8) is 0 Å². The highest BCUT2D eigenvalue weighted by atomic mass is 32.2. The average molecular weight is 247 g/mol. The Hall–Kier alpha value is -0.0900. The van der Waals surface area contributed by atoms with E-state index in [0.717, 1.165) is 19.3 Å². The molecule has 0 aliphatic carbocycles. The second-order valence-electron chi connectivity index (χ2n) is 5.21. The molecule has 4 heteroatoms. The van der Waals surface area contributed by atoms with Crippen LogP contribution in [-0.4, -0.2) is 26.5 Å². The van der Waals surface area contributed by atoms with E-state index in [1.54, 1.807) is 0 Å². The van der Waals surface area contributed by atoms with Crippen molar-refractivity contribution >= 4 is 9.84 Å². The third-order valence-electron chi connectivity index (χ3n) is 3.71. The molecule has 0 aromatic rings. The van der Waals surface area contributed by atoms with Crippen molar-refractivity contribution in [3.05, 3.63) is 0 Å². The van der Waals surface area contributed by atoms with Gasteiger partial charge in [-0.25, -0.2) is 8.42 Å². The Kier molecular flexibility index (Phi) is 5.25. The van der Waals surface area contributed by atoms with Crippen LogP contribution < -0.4 is 5.73 Å². The van der Waals surface area contributed by atoms with E-state index in [9.17, 15) is 8.42 Å². The van der Waals surface area contributed by atoms with E-state index in [-0.39, 0.29) is 5.41 Å². The summed E-state index contributed by atoms with van der Waals surface area (Å²) < 4.78 is 23.0. The quantitative estimate of drug-likeness (QED) is 0.701. The van der Waals surface area contributed by atoms with Gasteiger partial charge in [-0.05, 0) is 24.8 Å². The molecule has 3 nitrogen and oxygen atoms in total. The lowest BCUT2D eigenvalue weighted by Crippen LogP contribution is -2.31.